The minimum absolute atomic E-state index is 0.288. The zero-order chi connectivity index (χ0) is 11.0. The number of aliphatic hydroxyl groups excluding tert-OH is 1. The Kier molecular flexibility index (Phi) is 2.29. The van der Waals surface area contributed by atoms with Crippen molar-refractivity contribution in [2.24, 2.45) is 5.92 Å². The molecule has 3 rings (SSSR count). The van der Waals surface area contributed by atoms with Crippen molar-refractivity contribution >= 4 is 0 Å². The van der Waals surface area contributed by atoms with E-state index in [-0.39, 0.29) is 6.10 Å². The van der Waals surface area contributed by atoms with Crippen molar-refractivity contribution in [1.82, 2.24) is 9.72 Å². The van der Waals surface area contributed by atoms with Gasteiger partial charge in [-0.2, -0.15) is 0 Å². The summed E-state index contributed by atoms with van der Waals surface area (Å²) in [5.41, 5.74) is 2.04. The van der Waals surface area contributed by atoms with E-state index < -0.39 is 0 Å². The molecule has 0 aliphatic heterocycles. The zero-order valence-electron chi connectivity index (χ0n) is 8.91. The van der Waals surface area contributed by atoms with E-state index >= 15 is 0 Å². The summed E-state index contributed by atoms with van der Waals surface area (Å²) >= 11 is 0. The molecule has 1 unspecified atom stereocenters. The summed E-state index contributed by atoms with van der Waals surface area (Å²) in [5, 5.41) is 13.6. The highest BCUT2D eigenvalue weighted by atomic mass is 16.5. The van der Waals surface area contributed by atoms with E-state index in [2.05, 4.69) is 5.16 Å². The lowest BCUT2D eigenvalue weighted by molar-refractivity contribution is 0.154. The van der Waals surface area contributed by atoms with E-state index in [0.717, 1.165) is 30.5 Å². The summed E-state index contributed by atoms with van der Waals surface area (Å²) in [6, 6.07) is 1.98. The number of aromatic nitrogens is 2. The topological polar surface area (TPSA) is 51.2 Å². The van der Waals surface area contributed by atoms with E-state index in [1.54, 1.807) is 12.5 Å². The largest absolute Gasteiger partial charge is 0.388 e. The lowest BCUT2D eigenvalue weighted by Gasteiger charge is -2.05. The molecule has 4 nitrogen and oxygen atoms in total. The van der Waals surface area contributed by atoms with Gasteiger partial charge in [-0.25, -0.2) is 0 Å². The second-order valence-electron chi connectivity index (χ2n) is 4.43. The fourth-order valence-electron chi connectivity index (χ4n) is 1.93. The molecule has 0 aromatic carbocycles. The van der Waals surface area contributed by atoms with Crippen molar-refractivity contribution < 1.29 is 9.63 Å². The van der Waals surface area contributed by atoms with Gasteiger partial charge in [0.25, 0.3) is 0 Å². The molecule has 1 N–H and O–H groups in total. The van der Waals surface area contributed by atoms with Crippen LogP contribution in [0.3, 0.4) is 0 Å². The molecule has 0 amide bonds. The van der Waals surface area contributed by atoms with Gasteiger partial charge in [0.1, 0.15) is 6.26 Å². The lowest BCUT2D eigenvalue weighted by Crippen LogP contribution is -1.99. The fourth-order valence-corrected chi connectivity index (χ4v) is 1.93. The van der Waals surface area contributed by atoms with Crippen LogP contribution in [0.4, 0.5) is 0 Å². The molecule has 1 fully saturated rings. The Labute approximate surface area is 93.5 Å². The van der Waals surface area contributed by atoms with Crippen molar-refractivity contribution in [3.8, 4) is 0 Å². The molecule has 1 aliphatic rings. The van der Waals surface area contributed by atoms with E-state index in [0.29, 0.717) is 5.92 Å². The first-order valence-corrected chi connectivity index (χ1v) is 5.55. The van der Waals surface area contributed by atoms with Gasteiger partial charge in [-0.05, 0) is 30.4 Å². The number of nitrogens with zero attached hydrogens (tertiary/aromatic N) is 2. The van der Waals surface area contributed by atoms with Crippen molar-refractivity contribution in [2.45, 2.75) is 25.5 Å². The Hall–Kier alpha value is -1.55. The summed E-state index contributed by atoms with van der Waals surface area (Å²) in [5.74, 6) is 0.478. The first-order valence-electron chi connectivity index (χ1n) is 5.55. The van der Waals surface area contributed by atoms with E-state index in [9.17, 15) is 5.11 Å². The molecule has 2 heterocycles. The van der Waals surface area contributed by atoms with Crippen molar-refractivity contribution in [3.63, 3.8) is 0 Å². The van der Waals surface area contributed by atoms with E-state index in [1.165, 1.54) is 0 Å². The molecular weight excluding hydrogens is 204 g/mol. The van der Waals surface area contributed by atoms with Crippen LogP contribution in [0.25, 0.3) is 0 Å². The molecule has 84 valence electrons. The van der Waals surface area contributed by atoms with Gasteiger partial charge in [-0.1, -0.05) is 5.16 Å². The summed E-state index contributed by atoms with van der Waals surface area (Å²) in [4.78, 5) is 0. The second-order valence-corrected chi connectivity index (χ2v) is 4.43. The first kappa shape index (κ1) is 9.66. The van der Waals surface area contributed by atoms with Crippen LogP contribution in [0.1, 0.15) is 30.1 Å². The highest BCUT2D eigenvalue weighted by molar-refractivity contribution is 5.17. The van der Waals surface area contributed by atoms with Crippen molar-refractivity contribution in [2.75, 3.05) is 0 Å². The Bertz CT molecular complexity index is 457. The molecule has 1 saturated carbocycles. The fraction of sp³-hybridized carbons (Fsp3) is 0.417. The SMILES string of the molecule is OC(c1ccn(Cc2cnoc2)c1)C1CC1. The summed E-state index contributed by atoms with van der Waals surface area (Å²) < 4.78 is 6.81. The molecule has 2 aromatic rings. The Morgan fingerprint density at radius 2 is 2.44 bits per heavy atom. The molecule has 2 aromatic heterocycles. The highest BCUT2D eigenvalue weighted by Crippen LogP contribution is 2.40. The van der Waals surface area contributed by atoms with Crippen molar-refractivity contribution in [3.05, 3.63) is 42.0 Å². The van der Waals surface area contributed by atoms with Crippen LogP contribution < -0.4 is 0 Å². The van der Waals surface area contributed by atoms with Gasteiger partial charge in [-0.3, -0.25) is 0 Å². The molecule has 1 atom stereocenters. The second kappa shape index (κ2) is 3.79. The third-order valence-electron chi connectivity index (χ3n) is 3.03. The number of rotatable bonds is 4. The average Bonchev–Trinajstić information content (AvgIpc) is 2.82. The standard InChI is InChI=1S/C12H14N2O2/c15-12(10-1-2-10)11-3-4-14(7-11)6-9-5-13-16-8-9/h3-5,7-8,10,12,15H,1-2,6H2. The maximum absolute atomic E-state index is 9.96. The maximum Gasteiger partial charge on any atom is 0.128 e. The van der Waals surface area contributed by atoms with Crippen LogP contribution in [0.15, 0.2) is 35.4 Å². The minimum atomic E-state index is -0.288. The summed E-state index contributed by atoms with van der Waals surface area (Å²) in [7, 11) is 0. The van der Waals surface area contributed by atoms with Gasteiger partial charge in [0, 0.05) is 18.0 Å². The number of hydrogen-bond donors (Lipinski definition) is 1. The Morgan fingerprint density at radius 3 is 3.12 bits per heavy atom. The van der Waals surface area contributed by atoms with Crippen LogP contribution in [0.5, 0.6) is 0 Å². The summed E-state index contributed by atoms with van der Waals surface area (Å²) in [6.45, 7) is 0.737. The first-order chi connectivity index (χ1) is 7.83. The molecular formula is C12H14N2O2. The molecule has 0 bridgehead atoms. The molecule has 0 saturated heterocycles. The molecule has 0 radical (unpaired) electrons. The van der Waals surface area contributed by atoms with Crippen molar-refractivity contribution in [1.29, 1.82) is 0 Å². The Balaban J connectivity index is 1.72. The quantitative estimate of drug-likeness (QED) is 0.853. The monoisotopic (exact) mass is 218 g/mol. The van der Waals surface area contributed by atoms with Crippen LogP contribution in [0.2, 0.25) is 0 Å². The average molecular weight is 218 g/mol. The predicted octanol–water partition coefficient (Wildman–Crippen LogP) is 1.97. The van der Waals surface area contributed by atoms with Crippen LogP contribution in [0, 0.1) is 5.92 Å². The van der Waals surface area contributed by atoms with Gasteiger partial charge in [0.05, 0.1) is 18.8 Å². The van der Waals surface area contributed by atoms with E-state index in [4.69, 9.17) is 4.52 Å². The van der Waals surface area contributed by atoms with Gasteiger partial charge in [0.2, 0.25) is 0 Å². The molecule has 0 spiro atoms. The van der Waals surface area contributed by atoms with Gasteiger partial charge < -0.3 is 14.2 Å². The molecule has 16 heavy (non-hydrogen) atoms. The third kappa shape index (κ3) is 1.88. The normalized spacial score (nSPS) is 17.6. The van der Waals surface area contributed by atoms with Crippen LogP contribution >= 0.6 is 0 Å². The minimum Gasteiger partial charge on any atom is -0.388 e. The van der Waals surface area contributed by atoms with Gasteiger partial charge in [-0.15, -0.1) is 0 Å². The zero-order valence-corrected chi connectivity index (χ0v) is 8.91. The summed E-state index contributed by atoms with van der Waals surface area (Å²) in [6.07, 6.45) is 9.33. The smallest absolute Gasteiger partial charge is 0.128 e. The number of aliphatic hydroxyl groups is 1. The Morgan fingerprint density at radius 1 is 1.56 bits per heavy atom. The molecule has 1 aliphatic carbocycles. The van der Waals surface area contributed by atoms with Gasteiger partial charge >= 0.3 is 0 Å². The number of hydrogen-bond acceptors (Lipinski definition) is 3. The van der Waals surface area contributed by atoms with Gasteiger partial charge in [0.15, 0.2) is 0 Å². The predicted molar refractivity (Wildman–Crippen MR) is 57.7 cm³/mol. The highest BCUT2D eigenvalue weighted by Gasteiger charge is 2.31. The lowest BCUT2D eigenvalue weighted by atomic mass is 10.1. The van der Waals surface area contributed by atoms with Crippen LogP contribution in [-0.2, 0) is 6.54 Å². The molecule has 4 heteroatoms. The van der Waals surface area contributed by atoms with E-state index in [1.807, 2.05) is 23.0 Å². The van der Waals surface area contributed by atoms with Crippen LogP contribution in [-0.4, -0.2) is 14.8 Å². The third-order valence-corrected chi connectivity index (χ3v) is 3.03. The maximum atomic E-state index is 9.96.